The molecule has 0 unspecified atom stereocenters. The van der Waals surface area contributed by atoms with Crippen LogP contribution in [0.15, 0.2) is 28.9 Å². The number of carbonyl (C=O) groups is 1. The Hall–Kier alpha value is -2.26. The number of β-amino-alcohol motifs (C(OH)–C–C–N with tert-alkyl or cyclic N) is 1. The van der Waals surface area contributed by atoms with E-state index in [1.54, 1.807) is 0 Å². The highest BCUT2D eigenvalue weighted by molar-refractivity contribution is 6.02. The number of hydrogen-bond donors (Lipinski definition) is 2. The van der Waals surface area contributed by atoms with E-state index >= 15 is 0 Å². The summed E-state index contributed by atoms with van der Waals surface area (Å²) in [4.78, 5) is 21.5. The highest BCUT2D eigenvalue weighted by Gasteiger charge is 2.22. The summed E-state index contributed by atoms with van der Waals surface area (Å²) in [6, 6.07) is 6.12. The van der Waals surface area contributed by atoms with Crippen LogP contribution in [0.2, 0.25) is 0 Å². The number of nitrogens with one attached hydrogen (secondary N) is 1. The maximum atomic E-state index is 12.6. The minimum absolute atomic E-state index is 0.243. The van der Waals surface area contributed by atoms with Crippen LogP contribution < -0.4 is 5.32 Å². The summed E-state index contributed by atoms with van der Waals surface area (Å²) in [5.41, 5.74) is 3.56. The molecule has 1 amide bonds. The second-order valence-electron chi connectivity index (χ2n) is 10.1. The maximum Gasteiger partial charge on any atom is 0.277 e. The number of carbonyl (C=O) groups excluding carboxylic acids is 1. The van der Waals surface area contributed by atoms with Gasteiger partial charge >= 0.3 is 0 Å². The highest BCUT2D eigenvalue weighted by Crippen LogP contribution is 2.25. The van der Waals surface area contributed by atoms with E-state index in [-0.39, 0.29) is 11.5 Å². The van der Waals surface area contributed by atoms with E-state index in [2.05, 4.69) is 32.2 Å². The second-order valence-corrected chi connectivity index (χ2v) is 10.1. The first-order chi connectivity index (χ1) is 15.7. The lowest BCUT2D eigenvalue weighted by atomic mass is 10.1. The zero-order valence-electron chi connectivity index (χ0n) is 20.0. The molecule has 1 fully saturated rings. The number of rotatable bonds is 8. The zero-order chi connectivity index (χ0) is 23.4. The Morgan fingerprint density at radius 1 is 1.18 bits per heavy atom. The molecule has 8 nitrogen and oxygen atoms in total. The molecule has 4 rings (SSSR count). The topological polar surface area (TPSA) is 91.1 Å². The van der Waals surface area contributed by atoms with Crippen LogP contribution >= 0.6 is 0 Å². The number of aromatic nitrogens is 1. The number of aliphatic hydroxyl groups excluding tert-OH is 1. The lowest BCUT2D eigenvalue weighted by Gasteiger charge is -2.35. The predicted molar refractivity (Wildman–Crippen MR) is 126 cm³/mol. The van der Waals surface area contributed by atoms with Crippen LogP contribution in [-0.4, -0.2) is 76.8 Å². The van der Waals surface area contributed by atoms with Crippen molar-refractivity contribution in [2.75, 3.05) is 44.6 Å². The van der Waals surface area contributed by atoms with Crippen LogP contribution in [0.4, 0.5) is 5.69 Å². The number of ether oxygens (including phenoxy) is 1. The zero-order valence-corrected chi connectivity index (χ0v) is 20.0. The lowest BCUT2D eigenvalue weighted by Crippen LogP contribution is -2.49. The molecule has 0 saturated carbocycles. The van der Waals surface area contributed by atoms with Crippen LogP contribution in [0.5, 0.6) is 0 Å². The van der Waals surface area contributed by atoms with Gasteiger partial charge in [-0.3, -0.25) is 14.6 Å². The molecule has 2 aromatic rings. The van der Waals surface area contributed by atoms with Gasteiger partial charge in [0.2, 0.25) is 5.89 Å². The number of fused-ring (bicyclic) bond motifs is 1. The molecular formula is C25H36N4O4. The van der Waals surface area contributed by atoms with E-state index in [9.17, 15) is 9.90 Å². The van der Waals surface area contributed by atoms with Gasteiger partial charge in [-0.25, -0.2) is 4.98 Å². The molecule has 8 heteroatoms. The third kappa shape index (κ3) is 6.86. The van der Waals surface area contributed by atoms with Gasteiger partial charge < -0.3 is 19.6 Å². The van der Waals surface area contributed by atoms with Gasteiger partial charge in [0.25, 0.3) is 5.91 Å². The molecule has 1 aliphatic heterocycles. The molecule has 1 aromatic heterocycles. The Labute approximate surface area is 195 Å². The summed E-state index contributed by atoms with van der Waals surface area (Å²) >= 11 is 0. The number of aliphatic hydroxyl groups is 1. The van der Waals surface area contributed by atoms with E-state index in [0.717, 1.165) is 44.7 Å². The van der Waals surface area contributed by atoms with E-state index in [1.165, 1.54) is 23.8 Å². The highest BCUT2D eigenvalue weighted by atomic mass is 16.5. The molecule has 2 aliphatic rings. The first kappa shape index (κ1) is 23.9. The summed E-state index contributed by atoms with van der Waals surface area (Å²) < 4.78 is 11.2. The van der Waals surface area contributed by atoms with E-state index in [1.807, 2.05) is 26.8 Å². The summed E-state index contributed by atoms with van der Waals surface area (Å²) in [6.07, 6.45) is 4.31. The van der Waals surface area contributed by atoms with Crippen LogP contribution in [0, 0.1) is 0 Å². The summed E-state index contributed by atoms with van der Waals surface area (Å²) in [5, 5.41) is 13.2. The molecule has 33 heavy (non-hydrogen) atoms. The molecule has 0 spiro atoms. The molecule has 0 radical (unpaired) electrons. The minimum Gasteiger partial charge on any atom is -0.447 e. The molecule has 1 aromatic carbocycles. The maximum absolute atomic E-state index is 12.6. The molecule has 1 atom stereocenters. The third-order valence-corrected chi connectivity index (χ3v) is 6.14. The Morgan fingerprint density at radius 2 is 1.91 bits per heavy atom. The Bertz CT molecular complexity index is 944. The quantitative estimate of drug-likeness (QED) is 0.631. The SMILES string of the molecule is CC(C)(C)OC[C@@H](O)CN1CCN(Cc2nc(C(=O)Nc3ccc4c(c3)CCC4)co2)CC1. The Balaban J connectivity index is 1.21. The molecule has 2 heterocycles. The number of oxazole rings is 1. The number of anilines is 1. The van der Waals surface area contributed by atoms with Gasteiger partial charge in [-0.2, -0.15) is 0 Å². The molecule has 1 saturated heterocycles. The van der Waals surface area contributed by atoms with Crippen molar-refractivity contribution in [3.05, 3.63) is 47.2 Å². The number of aryl methyl sites for hydroxylation is 2. The fourth-order valence-corrected chi connectivity index (χ4v) is 4.35. The number of amides is 1. The van der Waals surface area contributed by atoms with E-state index in [4.69, 9.17) is 9.15 Å². The molecule has 0 bridgehead atoms. The van der Waals surface area contributed by atoms with Gasteiger partial charge in [0.05, 0.1) is 24.9 Å². The van der Waals surface area contributed by atoms with Crippen LogP contribution in [-0.2, 0) is 24.1 Å². The van der Waals surface area contributed by atoms with Crippen molar-refractivity contribution in [2.24, 2.45) is 0 Å². The average Bonchev–Trinajstić information content (AvgIpc) is 3.42. The van der Waals surface area contributed by atoms with Crippen LogP contribution in [0.1, 0.15) is 54.7 Å². The Morgan fingerprint density at radius 3 is 2.67 bits per heavy atom. The monoisotopic (exact) mass is 456 g/mol. The summed E-state index contributed by atoms with van der Waals surface area (Å²) in [7, 11) is 0. The minimum atomic E-state index is -0.491. The fraction of sp³-hybridized carbons (Fsp3) is 0.600. The van der Waals surface area contributed by atoms with Crippen molar-refractivity contribution in [3.8, 4) is 0 Å². The molecule has 2 N–H and O–H groups in total. The molecule has 1 aliphatic carbocycles. The van der Waals surface area contributed by atoms with Crippen molar-refractivity contribution in [3.63, 3.8) is 0 Å². The van der Waals surface area contributed by atoms with E-state index in [0.29, 0.717) is 31.3 Å². The van der Waals surface area contributed by atoms with Gasteiger partial charge in [-0.05, 0) is 63.3 Å². The summed E-state index contributed by atoms with van der Waals surface area (Å²) in [6.45, 7) is 10.9. The fourth-order valence-electron chi connectivity index (χ4n) is 4.35. The van der Waals surface area contributed by atoms with Crippen molar-refractivity contribution < 1.29 is 19.1 Å². The lowest BCUT2D eigenvalue weighted by molar-refractivity contribution is -0.0588. The van der Waals surface area contributed by atoms with Gasteiger partial charge in [0.15, 0.2) is 5.69 Å². The smallest absolute Gasteiger partial charge is 0.277 e. The summed E-state index contributed by atoms with van der Waals surface area (Å²) in [5.74, 6) is 0.292. The van der Waals surface area contributed by atoms with Crippen LogP contribution in [0.3, 0.4) is 0 Å². The van der Waals surface area contributed by atoms with Gasteiger partial charge in [0.1, 0.15) is 6.26 Å². The second kappa shape index (κ2) is 10.3. The number of piperazine rings is 1. The molecular weight excluding hydrogens is 420 g/mol. The first-order valence-corrected chi connectivity index (χ1v) is 11.9. The largest absolute Gasteiger partial charge is 0.447 e. The third-order valence-electron chi connectivity index (χ3n) is 6.14. The van der Waals surface area contributed by atoms with E-state index < -0.39 is 6.10 Å². The normalized spacial score (nSPS) is 18.3. The molecule has 180 valence electrons. The van der Waals surface area contributed by atoms with Crippen molar-refractivity contribution in [1.29, 1.82) is 0 Å². The predicted octanol–water partition coefficient (Wildman–Crippen LogP) is 2.71. The first-order valence-electron chi connectivity index (χ1n) is 11.9. The van der Waals surface area contributed by atoms with Crippen molar-refractivity contribution >= 4 is 11.6 Å². The number of nitrogens with zero attached hydrogens (tertiary/aromatic N) is 3. The van der Waals surface area contributed by atoms with Crippen LogP contribution in [0.25, 0.3) is 0 Å². The standard InChI is InChI=1S/C25H36N4O4/c1-25(2,3)33-16-21(30)14-28-9-11-29(12-10-28)15-23-27-22(17-32-23)24(31)26-20-8-7-18-5-4-6-19(18)13-20/h7-8,13,17,21,30H,4-6,9-12,14-16H2,1-3H3,(H,26,31)/t21-/m0/s1. The Kier molecular flexibility index (Phi) is 7.48. The average molecular weight is 457 g/mol. The number of benzene rings is 1. The number of hydrogen-bond acceptors (Lipinski definition) is 7. The van der Waals surface area contributed by atoms with Crippen molar-refractivity contribution in [1.82, 2.24) is 14.8 Å². The van der Waals surface area contributed by atoms with Gasteiger partial charge in [0, 0.05) is 38.4 Å². The van der Waals surface area contributed by atoms with Crippen molar-refractivity contribution in [2.45, 2.75) is 58.3 Å². The van der Waals surface area contributed by atoms with Gasteiger partial charge in [-0.15, -0.1) is 0 Å². The van der Waals surface area contributed by atoms with Gasteiger partial charge in [-0.1, -0.05) is 6.07 Å².